The molecule has 0 spiro atoms. The van der Waals surface area contributed by atoms with Crippen LogP contribution in [0.4, 0.5) is 0 Å². The molecule has 0 radical (unpaired) electrons. The van der Waals surface area contributed by atoms with E-state index in [1.807, 2.05) is 0 Å². The summed E-state index contributed by atoms with van der Waals surface area (Å²) in [5, 5.41) is 0. The Kier molecular flexibility index (Phi) is 2.68. The van der Waals surface area contributed by atoms with Crippen LogP contribution in [-0.4, -0.2) is 36.6 Å². The number of esters is 1. The molecule has 3 nitrogen and oxygen atoms in total. The van der Waals surface area contributed by atoms with E-state index in [9.17, 15) is 4.79 Å². The van der Waals surface area contributed by atoms with Crippen LogP contribution >= 0.6 is 0 Å². The summed E-state index contributed by atoms with van der Waals surface area (Å²) in [5.74, 6) is -0.116. The monoisotopic (exact) mass is 193 g/mol. The number of carbonyl (C=O) groups is 1. The molecule has 0 N–H and O–H groups in total. The Morgan fingerprint density at radius 1 is 1.36 bits per heavy atom. The molecule has 2 heterocycles. The summed E-state index contributed by atoms with van der Waals surface area (Å²) in [6, 6.07) is 0.304. The fraction of sp³-hybridized carbons (Fsp3) is 0.545. The van der Waals surface area contributed by atoms with Gasteiger partial charge >= 0.3 is 5.97 Å². The molecule has 0 bridgehead atoms. The Labute approximate surface area is 84.0 Å². The number of hydrogen-bond donors (Lipinski definition) is 0. The van der Waals surface area contributed by atoms with Gasteiger partial charge in [0.15, 0.2) is 0 Å². The van der Waals surface area contributed by atoms with Crippen molar-refractivity contribution in [3.63, 3.8) is 0 Å². The van der Waals surface area contributed by atoms with Crippen molar-refractivity contribution in [2.24, 2.45) is 0 Å². The number of nitrogens with zero attached hydrogens (tertiary/aromatic N) is 1. The molecule has 2 aliphatic rings. The van der Waals surface area contributed by atoms with Crippen LogP contribution in [-0.2, 0) is 9.53 Å². The number of methoxy groups -OCH3 is 1. The topological polar surface area (TPSA) is 29.5 Å². The molecule has 0 fully saturated rings. The molecule has 0 aromatic carbocycles. The third-order valence-corrected chi connectivity index (χ3v) is 2.88. The van der Waals surface area contributed by atoms with E-state index >= 15 is 0 Å². The molecule has 0 aliphatic carbocycles. The summed E-state index contributed by atoms with van der Waals surface area (Å²) in [7, 11) is 1.45. The lowest BCUT2D eigenvalue weighted by Gasteiger charge is -2.38. The molecule has 2 aliphatic heterocycles. The summed E-state index contributed by atoms with van der Waals surface area (Å²) < 4.78 is 4.80. The van der Waals surface area contributed by atoms with Crippen LogP contribution in [0, 0.1) is 0 Å². The highest BCUT2D eigenvalue weighted by Crippen LogP contribution is 2.23. The number of hydrogen-bond acceptors (Lipinski definition) is 3. The Bertz CT molecular complexity index is 283. The standard InChI is InChI=1S/C11H15NO2/c1-14-11(13)10-7-4-6-9-5-2-3-8-12(9)10/h2-4,6,9-10H,5,7-8H2,1H3/t9-,10-/m0/s1. The van der Waals surface area contributed by atoms with Gasteiger partial charge in [0.2, 0.25) is 0 Å². The molecule has 0 aromatic heterocycles. The van der Waals surface area contributed by atoms with E-state index in [-0.39, 0.29) is 12.0 Å². The SMILES string of the molecule is COC(=O)[C@@H]1CC=C[C@@H]2CC=CCN21. The number of carbonyl (C=O) groups excluding carboxylic acids is 1. The zero-order valence-electron chi connectivity index (χ0n) is 8.35. The summed E-state index contributed by atoms with van der Waals surface area (Å²) in [6.07, 6.45) is 10.3. The molecule has 2 atom stereocenters. The molecule has 3 heteroatoms. The highest BCUT2D eigenvalue weighted by atomic mass is 16.5. The van der Waals surface area contributed by atoms with Gasteiger partial charge < -0.3 is 4.74 Å². The Morgan fingerprint density at radius 2 is 2.21 bits per heavy atom. The van der Waals surface area contributed by atoms with E-state index in [2.05, 4.69) is 29.2 Å². The zero-order chi connectivity index (χ0) is 9.97. The number of rotatable bonds is 1. The second-order valence-electron chi connectivity index (χ2n) is 3.67. The van der Waals surface area contributed by atoms with Crippen LogP contribution in [0.3, 0.4) is 0 Å². The minimum absolute atomic E-state index is 0.0834. The van der Waals surface area contributed by atoms with Crippen LogP contribution in [0.1, 0.15) is 12.8 Å². The predicted molar refractivity (Wildman–Crippen MR) is 53.8 cm³/mol. The third-order valence-electron chi connectivity index (χ3n) is 2.88. The zero-order valence-corrected chi connectivity index (χ0v) is 8.35. The molecule has 76 valence electrons. The van der Waals surface area contributed by atoms with Gasteiger partial charge in [-0.1, -0.05) is 24.3 Å². The highest BCUT2D eigenvalue weighted by molar-refractivity contribution is 5.76. The van der Waals surface area contributed by atoms with Crippen molar-refractivity contribution >= 4 is 5.97 Å². The summed E-state index contributed by atoms with van der Waals surface area (Å²) in [6.45, 7) is 0.856. The van der Waals surface area contributed by atoms with Gasteiger partial charge in [-0.05, 0) is 12.8 Å². The van der Waals surface area contributed by atoms with Gasteiger partial charge in [-0.3, -0.25) is 9.69 Å². The van der Waals surface area contributed by atoms with Crippen molar-refractivity contribution in [3.8, 4) is 0 Å². The Balaban J connectivity index is 2.15. The van der Waals surface area contributed by atoms with Crippen LogP contribution in [0.25, 0.3) is 0 Å². The smallest absolute Gasteiger partial charge is 0.323 e. The minimum Gasteiger partial charge on any atom is -0.468 e. The van der Waals surface area contributed by atoms with Gasteiger partial charge in [0.25, 0.3) is 0 Å². The number of fused-ring (bicyclic) bond motifs is 1. The molecule has 0 amide bonds. The van der Waals surface area contributed by atoms with Crippen LogP contribution in [0.15, 0.2) is 24.3 Å². The normalized spacial score (nSPS) is 31.2. The predicted octanol–water partition coefficient (Wildman–Crippen LogP) is 1.12. The average Bonchev–Trinajstić information content (AvgIpc) is 2.27. The first-order chi connectivity index (χ1) is 6.83. The lowest BCUT2D eigenvalue weighted by Crippen LogP contribution is -2.49. The molecule has 0 saturated carbocycles. The van der Waals surface area contributed by atoms with Crippen molar-refractivity contribution in [2.75, 3.05) is 13.7 Å². The van der Waals surface area contributed by atoms with Gasteiger partial charge in [0.1, 0.15) is 6.04 Å². The number of ether oxygens (including phenoxy) is 1. The van der Waals surface area contributed by atoms with Crippen LogP contribution in [0.5, 0.6) is 0 Å². The second-order valence-corrected chi connectivity index (χ2v) is 3.67. The summed E-state index contributed by atoms with van der Waals surface area (Å²) >= 11 is 0. The lowest BCUT2D eigenvalue weighted by molar-refractivity contribution is -0.147. The molecule has 0 saturated heterocycles. The van der Waals surface area contributed by atoms with Crippen molar-refractivity contribution < 1.29 is 9.53 Å². The van der Waals surface area contributed by atoms with Crippen LogP contribution in [0.2, 0.25) is 0 Å². The van der Waals surface area contributed by atoms with Gasteiger partial charge in [0, 0.05) is 12.6 Å². The maximum absolute atomic E-state index is 11.5. The van der Waals surface area contributed by atoms with Crippen LogP contribution < -0.4 is 0 Å². The Morgan fingerprint density at radius 3 is 3.00 bits per heavy atom. The first kappa shape index (κ1) is 9.46. The van der Waals surface area contributed by atoms with Gasteiger partial charge in [-0.2, -0.15) is 0 Å². The quantitative estimate of drug-likeness (QED) is 0.461. The first-order valence-electron chi connectivity index (χ1n) is 4.98. The maximum Gasteiger partial charge on any atom is 0.323 e. The molecule has 14 heavy (non-hydrogen) atoms. The highest BCUT2D eigenvalue weighted by Gasteiger charge is 2.32. The van der Waals surface area contributed by atoms with Crippen molar-refractivity contribution in [1.82, 2.24) is 4.90 Å². The summed E-state index contributed by atoms with van der Waals surface area (Å²) in [4.78, 5) is 13.7. The summed E-state index contributed by atoms with van der Waals surface area (Å²) in [5.41, 5.74) is 0. The van der Waals surface area contributed by atoms with E-state index in [0.29, 0.717) is 6.04 Å². The molecular weight excluding hydrogens is 178 g/mol. The second kappa shape index (κ2) is 3.96. The molecule has 0 aromatic rings. The van der Waals surface area contributed by atoms with E-state index in [1.54, 1.807) is 0 Å². The lowest BCUT2D eigenvalue weighted by atomic mass is 9.97. The van der Waals surface area contributed by atoms with Gasteiger partial charge in [0.05, 0.1) is 7.11 Å². The fourth-order valence-corrected chi connectivity index (χ4v) is 2.12. The van der Waals surface area contributed by atoms with Gasteiger partial charge in [-0.15, -0.1) is 0 Å². The molecular formula is C11H15NO2. The molecule has 2 rings (SSSR count). The molecule has 0 unspecified atom stereocenters. The fourth-order valence-electron chi connectivity index (χ4n) is 2.12. The maximum atomic E-state index is 11.5. The van der Waals surface area contributed by atoms with Crippen molar-refractivity contribution in [2.45, 2.75) is 24.9 Å². The van der Waals surface area contributed by atoms with Gasteiger partial charge in [-0.25, -0.2) is 0 Å². The van der Waals surface area contributed by atoms with E-state index in [4.69, 9.17) is 4.74 Å². The van der Waals surface area contributed by atoms with Crippen molar-refractivity contribution in [1.29, 1.82) is 0 Å². The minimum atomic E-state index is -0.116. The first-order valence-corrected chi connectivity index (χ1v) is 4.98. The van der Waals surface area contributed by atoms with E-state index in [1.165, 1.54) is 7.11 Å². The Hall–Kier alpha value is -1.09. The third kappa shape index (κ3) is 1.60. The largest absolute Gasteiger partial charge is 0.468 e. The average molecular weight is 193 g/mol. The van der Waals surface area contributed by atoms with E-state index < -0.39 is 0 Å². The van der Waals surface area contributed by atoms with Crippen molar-refractivity contribution in [3.05, 3.63) is 24.3 Å². The van der Waals surface area contributed by atoms with E-state index in [0.717, 1.165) is 19.4 Å².